The Kier molecular flexibility index (Phi) is 3.82. The number of nitrogens with two attached hydrogens (primary N) is 1. The van der Waals surface area contributed by atoms with Crippen LogP contribution in [0.25, 0.3) is 0 Å². The summed E-state index contributed by atoms with van der Waals surface area (Å²) >= 11 is 5.71. The van der Waals surface area contributed by atoms with Crippen LogP contribution >= 0.6 is 11.6 Å². The fraction of sp³-hybridized carbons (Fsp3) is 0.333. The van der Waals surface area contributed by atoms with Crippen LogP contribution in [0.15, 0.2) is 18.2 Å². The quantitative estimate of drug-likeness (QED) is 0.795. The molecule has 1 rings (SSSR count). The highest BCUT2D eigenvalue weighted by Gasteiger charge is 2.25. The number of rotatable bonds is 3. The van der Waals surface area contributed by atoms with Gasteiger partial charge in [0.2, 0.25) is 0 Å². The van der Waals surface area contributed by atoms with Crippen LogP contribution in [0.4, 0.5) is 18.9 Å². The molecule has 0 aromatic heterocycles. The largest absolute Gasteiger partial charge is 0.401 e. The molecule has 0 atom stereocenters. The van der Waals surface area contributed by atoms with Crippen molar-refractivity contribution in [2.75, 3.05) is 12.3 Å². The molecule has 0 amide bonds. The van der Waals surface area contributed by atoms with Gasteiger partial charge in [-0.1, -0.05) is 17.7 Å². The van der Waals surface area contributed by atoms with E-state index < -0.39 is 12.7 Å². The van der Waals surface area contributed by atoms with E-state index in [1.807, 2.05) is 0 Å². The second kappa shape index (κ2) is 4.72. The number of hydrogen-bond donors (Lipinski definition) is 2. The van der Waals surface area contributed by atoms with E-state index in [1.54, 1.807) is 18.2 Å². The molecule has 1 aromatic rings. The Bertz CT molecular complexity index is 339. The SMILES string of the molecule is Nc1ccc(CNCC(F)(F)F)cc1Cl. The first kappa shape index (κ1) is 12.1. The number of halogens is 4. The molecule has 6 heteroatoms. The average Bonchev–Trinajstić information content (AvgIpc) is 2.09. The van der Waals surface area contributed by atoms with Gasteiger partial charge in [0.05, 0.1) is 17.3 Å². The van der Waals surface area contributed by atoms with E-state index in [4.69, 9.17) is 17.3 Å². The van der Waals surface area contributed by atoms with Crippen LogP contribution < -0.4 is 11.1 Å². The molecule has 2 nitrogen and oxygen atoms in total. The standard InChI is InChI=1S/C9H10ClF3N2/c10-7-3-6(1-2-8(7)14)4-15-5-9(11,12)13/h1-3,15H,4-5,14H2. The highest BCUT2D eigenvalue weighted by molar-refractivity contribution is 6.33. The molecular weight excluding hydrogens is 229 g/mol. The lowest BCUT2D eigenvalue weighted by atomic mass is 10.2. The van der Waals surface area contributed by atoms with Crippen molar-refractivity contribution >= 4 is 17.3 Å². The van der Waals surface area contributed by atoms with Crippen molar-refractivity contribution in [3.63, 3.8) is 0 Å². The number of alkyl halides is 3. The van der Waals surface area contributed by atoms with Crippen molar-refractivity contribution in [1.82, 2.24) is 5.32 Å². The third-order valence-electron chi connectivity index (χ3n) is 1.72. The van der Waals surface area contributed by atoms with Gasteiger partial charge in [-0.3, -0.25) is 0 Å². The van der Waals surface area contributed by atoms with E-state index in [0.29, 0.717) is 16.3 Å². The summed E-state index contributed by atoms with van der Waals surface area (Å²) in [4.78, 5) is 0. The van der Waals surface area contributed by atoms with Gasteiger partial charge in [-0.2, -0.15) is 13.2 Å². The van der Waals surface area contributed by atoms with Crippen LogP contribution in [-0.4, -0.2) is 12.7 Å². The van der Waals surface area contributed by atoms with Crippen LogP contribution in [0, 0.1) is 0 Å². The predicted octanol–water partition coefficient (Wildman–Crippen LogP) is 2.57. The molecule has 3 N–H and O–H groups in total. The molecule has 0 spiro atoms. The summed E-state index contributed by atoms with van der Waals surface area (Å²) in [5, 5.41) is 2.61. The number of hydrogen-bond acceptors (Lipinski definition) is 2. The number of anilines is 1. The molecule has 0 aliphatic heterocycles. The summed E-state index contributed by atoms with van der Waals surface area (Å²) in [6.07, 6.45) is -4.20. The van der Waals surface area contributed by atoms with E-state index in [0.717, 1.165) is 0 Å². The van der Waals surface area contributed by atoms with Gasteiger partial charge in [0.15, 0.2) is 0 Å². The maximum absolute atomic E-state index is 11.8. The van der Waals surface area contributed by atoms with Gasteiger partial charge in [0.1, 0.15) is 0 Å². The minimum Gasteiger partial charge on any atom is -0.398 e. The Labute approximate surface area is 90.2 Å². The molecule has 0 saturated heterocycles. The Morgan fingerprint density at radius 3 is 2.53 bits per heavy atom. The zero-order chi connectivity index (χ0) is 11.5. The van der Waals surface area contributed by atoms with Crippen LogP contribution in [-0.2, 0) is 6.54 Å². The maximum atomic E-state index is 11.8. The molecule has 0 aliphatic carbocycles. The minimum absolute atomic E-state index is 0.111. The second-order valence-corrected chi connectivity index (χ2v) is 3.48. The third kappa shape index (κ3) is 4.40. The van der Waals surface area contributed by atoms with E-state index in [9.17, 15) is 13.2 Å². The highest BCUT2D eigenvalue weighted by atomic mass is 35.5. The summed E-state index contributed by atoms with van der Waals surface area (Å²) in [6, 6.07) is 4.73. The number of benzene rings is 1. The van der Waals surface area contributed by atoms with Gasteiger partial charge in [0.25, 0.3) is 0 Å². The first-order valence-corrected chi connectivity index (χ1v) is 4.57. The predicted molar refractivity (Wildman–Crippen MR) is 53.6 cm³/mol. The smallest absolute Gasteiger partial charge is 0.398 e. The highest BCUT2D eigenvalue weighted by Crippen LogP contribution is 2.19. The molecule has 84 valence electrons. The van der Waals surface area contributed by atoms with Crippen LogP contribution in [0.5, 0.6) is 0 Å². The van der Waals surface area contributed by atoms with Gasteiger partial charge in [-0.05, 0) is 17.7 Å². The van der Waals surface area contributed by atoms with E-state index >= 15 is 0 Å². The molecular formula is C9H10ClF3N2. The van der Waals surface area contributed by atoms with Gasteiger partial charge in [-0.15, -0.1) is 0 Å². The molecule has 1 aromatic carbocycles. The van der Waals surface area contributed by atoms with Gasteiger partial charge < -0.3 is 11.1 Å². The number of nitrogens with one attached hydrogen (secondary N) is 1. The number of nitrogen functional groups attached to an aromatic ring is 1. The zero-order valence-corrected chi connectivity index (χ0v) is 8.49. The molecule has 0 radical (unpaired) electrons. The van der Waals surface area contributed by atoms with Gasteiger partial charge >= 0.3 is 6.18 Å². The lowest BCUT2D eigenvalue weighted by molar-refractivity contribution is -0.125. The van der Waals surface area contributed by atoms with Crippen LogP contribution in [0.3, 0.4) is 0 Å². The fourth-order valence-corrected chi connectivity index (χ4v) is 1.23. The summed E-state index contributed by atoms with van der Waals surface area (Å²) in [6.45, 7) is -0.908. The van der Waals surface area contributed by atoms with Crippen molar-refractivity contribution in [3.05, 3.63) is 28.8 Å². The summed E-state index contributed by atoms with van der Waals surface area (Å²) < 4.78 is 35.4. The second-order valence-electron chi connectivity index (χ2n) is 3.07. The lowest BCUT2D eigenvalue weighted by Gasteiger charge is -2.08. The first-order chi connectivity index (χ1) is 6.88. The molecule has 0 unspecified atom stereocenters. The maximum Gasteiger partial charge on any atom is 0.401 e. The topological polar surface area (TPSA) is 38.0 Å². The van der Waals surface area contributed by atoms with Crippen molar-refractivity contribution in [2.24, 2.45) is 0 Å². The molecule has 0 aliphatic rings. The monoisotopic (exact) mass is 238 g/mol. The molecule has 0 saturated carbocycles. The Balaban J connectivity index is 2.48. The van der Waals surface area contributed by atoms with E-state index in [-0.39, 0.29) is 6.54 Å². The summed E-state index contributed by atoms with van der Waals surface area (Å²) in [5.74, 6) is 0. The van der Waals surface area contributed by atoms with Crippen molar-refractivity contribution < 1.29 is 13.2 Å². The van der Waals surface area contributed by atoms with E-state index in [1.165, 1.54) is 0 Å². The molecule has 0 heterocycles. The molecule has 0 bridgehead atoms. The normalized spacial score (nSPS) is 11.7. The third-order valence-corrected chi connectivity index (χ3v) is 2.05. The molecule has 0 fully saturated rings. The van der Waals surface area contributed by atoms with Crippen molar-refractivity contribution in [3.8, 4) is 0 Å². The first-order valence-electron chi connectivity index (χ1n) is 4.20. The average molecular weight is 239 g/mol. The summed E-state index contributed by atoms with van der Waals surface area (Å²) in [7, 11) is 0. The Morgan fingerprint density at radius 1 is 1.33 bits per heavy atom. The minimum atomic E-state index is -4.20. The fourth-order valence-electron chi connectivity index (χ4n) is 1.03. The van der Waals surface area contributed by atoms with Gasteiger partial charge in [0, 0.05) is 6.54 Å². The van der Waals surface area contributed by atoms with E-state index in [2.05, 4.69) is 5.32 Å². The van der Waals surface area contributed by atoms with Crippen molar-refractivity contribution in [2.45, 2.75) is 12.7 Å². The zero-order valence-electron chi connectivity index (χ0n) is 7.74. The van der Waals surface area contributed by atoms with Crippen molar-refractivity contribution in [1.29, 1.82) is 0 Å². The Hall–Kier alpha value is -0.940. The van der Waals surface area contributed by atoms with Crippen LogP contribution in [0.2, 0.25) is 5.02 Å². The van der Waals surface area contributed by atoms with Crippen LogP contribution in [0.1, 0.15) is 5.56 Å². The molecule has 15 heavy (non-hydrogen) atoms. The Morgan fingerprint density at radius 2 is 2.00 bits per heavy atom. The van der Waals surface area contributed by atoms with Gasteiger partial charge in [-0.25, -0.2) is 0 Å². The summed E-state index contributed by atoms with van der Waals surface area (Å²) in [5.41, 5.74) is 6.53. The lowest BCUT2D eigenvalue weighted by Crippen LogP contribution is -2.28.